The van der Waals surface area contributed by atoms with E-state index in [1.165, 1.54) is 17.7 Å². The summed E-state index contributed by atoms with van der Waals surface area (Å²) in [6.45, 7) is 6.43. The maximum absolute atomic E-state index is 13.7. The van der Waals surface area contributed by atoms with Crippen molar-refractivity contribution in [3.05, 3.63) is 53.1 Å². The van der Waals surface area contributed by atoms with Gasteiger partial charge in [0.2, 0.25) is 5.12 Å². The number of carbonyl (C=O) groups is 2. The second-order valence-electron chi connectivity index (χ2n) is 13.2. The van der Waals surface area contributed by atoms with Crippen molar-refractivity contribution in [2.45, 2.75) is 89.8 Å². The number of thioether (sulfide) groups is 1. The molecule has 1 aliphatic heterocycles. The Labute approximate surface area is 243 Å². The molecule has 2 heterocycles. The maximum Gasteiger partial charge on any atom is 0.231 e. The van der Waals surface area contributed by atoms with Crippen LogP contribution in [0.5, 0.6) is 0 Å². The zero-order valence-electron chi connectivity index (χ0n) is 23.7. The Morgan fingerprint density at radius 1 is 1.29 bits per heavy atom. The number of nitrogens with zero attached hydrogens (tertiary/aromatic N) is 2. The van der Waals surface area contributed by atoms with Gasteiger partial charge in [-0.25, -0.2) is 9.07 Å². The largest absolute Gasteiger partial charge is 0.393 e. The Bertz CT molecular complexity index is 1430. The Morgan fingerprint density at radius 2 is 2.07 bits per heavy atom. The van der Waals surface area contributed by atoms with Crippen LogP contribution in [0.1, 0.15) is 70.6 Å². The van der Waals surface area contributed by atoms with E-state index < -0.39 is 29.5 Å². The summed E-state index contributed by atoms with van der Waals surface area (Å²) in [7, 11) is 0. The smallest absolute Gasteiger partial charge is 0.231 e. The number of allylic oxidation sites excluding steroid dienone is 1. The number of aliphatic hydroxyl groups excluding tert-OH is 1. The van der Waals surface area contributed by atoms with Crippen LogP contribution < -0.4 is 0 Å². The number of benzene rings is 1. The number of hydrogen-bond donors (Lipinski definition) is 1. The van der Waals surface area contributed by atoms with Crippen molar-refractivity contribution >= 4 is 28.6 Å². The summed E-state index contributed by atoms with van der Waals surface area (Å²) in [5.74, 6) is 0.0478. The minimum Gasteiger partial charge on any atom is -0.393 e. The highest BCUT2D eigenvalue weighted by Gasteiger charge is 2.76. The molecule has 1 aromatic heterocycles. The Kier molecular flexibility index (Phi) is 6.43. The second-order valence-corrected chi connectivity index (χ2v) is 14.0. The number of ether oxygens (including phenoxy) is 2. The van der Waals surface area contributed by atoms with Gasteiger partial charge in [-0.3, -0.25) is 9.59 Å². The van der Waals surface area contributed by atoms with Crippen LogP contribution in [0.4, 0.5) is 4.39 Å². The van der Waals surface area contributed by atoms with Crippen molar-refractivity contribution in [3.8, 4) is 5.69 Å². The van der Waals surface area contributed by atoms with E-state index in [-0.39, 0.29) is 34.1 Å². The molecule has 218 valence electrons. The number of rotatable bonds is 5. The molecule has 3 saturated carbocycles. The van der Waals surface area contributed by atoms with Crippen molar-refractivity contribution < 1.29 is 28.6 Å². The van der Waals surface area contributed by atoms with E-state index in [9.17, 15) is 19.1 Å². The van der Waals surface area contributed by atoms with Crippen molar-refractivity contribution in [3.63, 3.8) is 0 Å². The second kappa shape index (κ2) is 9.59. The summed E-state index contributed by atoms with van der Waals surface area (Å²) in [5.41, 5.74) is 2.73. The van der Waals surface area contributed by atoms with Gasteiger partial charge in [-0.15, -0.1) is 0 Å². The Hall–Kier alpha value is -2.33. The van der Waals surface area contributed by atoms with E-state index in [0.717, 1.165) is 42.6 Å². The molecule has 1 saturated heterocycles. The Morgan fingerprint density at radius 3 is 2.80 bits per heavy atom. The molecule has 0 amide bonds. The molecule has 0 bridgehead atoms. The minimum atomic E-state index is -1.23. The van der Waals surface area contributed by atoms with Gasteiger partial charge in [-0.2, -0.15) is 5.10 Å². The summed E-state index contributed by atoms with van der Waals surface area (Å²) in [6, 6.07) is 6.38. The van der Waals surface area contributed by atoms with Gasteiger partial charge in [0.25, 0.3) is 0 Å². The molecule has 4 fully saturated rings. The fourth-order valence-corrected chi connectivity index (χ4v) is 10.3. The summed E-state index contributed by atoms with van der Waals surface area (Å²) >= 11 is 0.666. The average Bonchev–Trinajstić information content (AvgIpc) is 3.57. The average molecular weight is 581 g/mol. The molecule has 7 rings (SSSR count). The maximum atomic E-state index is 13.7. The van der Waals surface area contributed by atoms with Gasteiger partial charge >= 0.3 is 0 Å². The standard InChI is InChI=1S/C32H37FN2O5S/c1-4-5-27-39-26-13-23-22-11-6-19-12-24-18(16-34-35(24)21-9-7-20(33)8-10-21)14-30(19,2)28(22)25(37)15-31(23,3)32(26,40-27)29(38)41-17-36/h7-10,12,16-17,22-23,25-28,37H,4-6,11,13-15H2,1-3H3/t22-,23-,25-,26+,27?,28+,30-,31-,32-/m0/s1. The lowest BCUT2D eigenvalue weighted by molar-refractivity contribution is -0.196. The molecule has 9 heteroatoms. The highest BCUT2D eigenvalue weighted by atomic mass is 32.2. The first-order valence-electron chi connectivity index (χ1n) is 14.9. The molecule has 41 heavy (non-hydrogen) atoms. The number of aliphatic hydroxyl groups is 1. The van der Waals surface area contributed by atoms with Gasteiger partial charge in [0.1, 0.15) is 5.82 Å². The van der Waals surface area contributed by atoms with Crippen LogP contribution in [0.2, 0.25) is 0 Å². The van der Waals surface area contributed by atoms with Gasteiger partial charge in [-0.1, -0.05) is 32.8 Å². The molecule has 2 aromatic rings. The van der Waals surface area contributed by atoms with Gasteiger partial charge in [0, 0.05) is 5.41 Å². The Balaban J connectivity index is 1.24. The molecule has 7 nitrogen and oxygen atoms in total. The summed E-state index contributed by atoms with van der Waals surface area (Å²) in [4.78, 5) is 25.2. The topological polar surface area (TPSA) is 90.6 Å². The third-order valence-corrected chi connectivity index (χ3v) is 11.9. The van der Waals surface area contributed by atoms with E-state index in [2.05, 4.69) is 31.9 Å². The molecule has 4 aliphatic carbocycles. The first kappa shape index (κ1) is 27.5. The molecule has 9 atom stereocenters. The van der Waals surface area contributed by atoms with E-state index in [1.807, 2.05) is 10.9 Å². The molecular weight excluding hydrogens is 543 g/mol. The van der Waals surface area contributed by atoms with Gasteiger partial charge < -0.3 is 14.6 Å². The predicted molar refractivity (Wildman–Crippen MR) is 153 cm³/mol. The van der Waals surface area contributed by atoms with Crippen molar-refractivity contribution in [2.24, 2.45) is 28.6 Å². The zero-order valence-corrected chi connectivity index (χ0v) is 24.5. The summed E-state index contributed by atoms with van der Waals surface area (Å²) < 4.78 is 28.4. The molecule has 1 aromatic carbocycles. The van der Waals surface area contributed by atoms with E-state index >= 15 is 0 Å². The van der Waals surface area contributed by atoms with Crippen LogP contribution >= 0.6 is 11.8 Å². The van der Waals surface area contributed by atoms with Crippen molar-refractivity contribution in [1.82, 2.24) is 9.78 Å². The number of hydrogen-bond acceptors (Lipinski definition) is 7. The summed E-state index contributed by atoms with van der Waals surface area (Å²) in [5, 5.41) is 16.4. The quantitative estimate of drug-likeness (QED) is 0.467. The number of carbonyl (C=O) groups excluding carboxylic acids is 2. The minimum absolute atomic E-state index is 0.0130. The highest BCUT2D eigenvalue weighted by molar-refractivity contribution is 8.24. The lowest BCUT2D eigenvalue weighted by Crippen LogP contribution is -2.63. The molecule has 1 unspecified atom stereocenters. The van der Waals surface area contributed by atoms with Crippen LogP contribution in [0.3, 0.4) is 0 Å². The molecule has 0 spiro atoms. The monoisotopic (exact) mass is 580 g/mol. The fraction of sp³-hybridized carbons (Fsp3) is 0.594. The van der Waals surface area contributed by atoms with E-state index in [0.29, 0.717) is 36.6 Å². The van der Waals surface area contributed by atoms with Crippen molar-refractivity contribution in [1.29, 1.82) is 0 Å². The normalized spacial score (nSPS) is 40.6. The third-order valence-electron chi connectivity index (χ3n) is 11.3. The van der Waals surface area contributed by atoms with Gasteiger partial charge in [0.15, 0.2) is 17.5 Å². The molecule has 1 N–H and O–H groups in total. The number of fused-ring (bicyclic) bond motifs is 8. The number of aromatic nitrogens is 2. The van der Waals surface area contributed by atoms with Crippen molar-refractivity contribution in [2.75, 3.05) is 0 Å². The molecule has 0 radical (unpaired) electrons. The summed E-state index contributed by atoms with van der Waals surface area (Å²) in [6.07, 6.45) is 7.83. The number of halogens is 1. The highest BCUT2D eigenvalue weighted by Crippen LogP contribution is 2.70. The molecular formula is C32H37FN2O5S. The first-order chi connectivity index (χ1) is 19.7. The third kappa shape index (κ3) is 3.71. The predicted octanol–water partition coefficient (Wildman–Crippen LogP) is 5.50. The first-order valence-corrected chi connectivity index (χ1v) is 15.7. The van der Waals surface area contributed by atoms with Crippen LogP contribution in [-0.2, 0) is 25.5 Å². The van der Waals surface area contributed by atoms with Crippen LogP contribution in [0.15, 0.2) is 36.0 Å². The van der Waals surface area contributed by atoms with Gasteiger partial charge in [0.05, 0.1) is 29.8 Å². The van der Waals surface area contributed by atoms with E-state index in [1.54, 1.807) is 12.1 Å². The van der Waals surface area contributed by atoms with Gasteiger partial charge in [-0.05, 0) is 109 Å². The lowest BCUT2D eigenvalue weighted by Gasteiger charge is -2.60. The van der Waals surface area contributed by atoms with E-state index in [4.69, 9.17) is 9.47 Å². The lowest BCUT2D eigenvalue weighted by atomic mass is 9.45. The van der Waals surface area contributed by atoms with Crippen LogP contribution in [-0.4, -0.2) is 49.7 Å². The van der Waals surface area contributed by atoms with Crippen LogP contribution in [0, 0.1) is 34.4 Å². The SMILES string of the molecule is CCCC1O[C@@H]2C[C@H]3[C@@H]4CCC5=Cc6c(cnn6-c6ccc(F)cc6)C[C@]5(C)[C@H]4[C@@H](O)C[C@]3(C)[C@]2(C(=O)SC=O)O1. The zero-order chi connectivity index (χ0) is 28.7. The fourth-order valence-electron chi connectivity index (χ4n) is 9.63. The van der Waals surface area contributed by atoms with Crippen LogP contribution in [0.25, 0.3) is 11.8 Å². The molecule has 5 aliphatic rings.